The lowest BCUT2D eigenvalue weighted by Crippen LogP contribution is -2.51. The summed E-state index contributed by atoms with van der Waals surface area (Å²) in [4.78, 5) is 13.8. The Kier molecular flexibility index (Phi) is 3.41. The second kappa shape index (κ2) is 4.70. The quantitative estimate of drug-likeness (QED) is 0.848. The van der Waals surface area contributed by atoms with Gasteiger partial charge in [-0.15, -0.1) is 0 Å². The summed E-state index contributed by atoms with van der Waals surface area (Å²) in [6.45, 7) is 1.21. The summed E-state index contributed by atoms with van der Waals surface area (Å²) < 4.78 is 22.5. The van der Waals surface area contributed by atoms with Gasteiger partial charge in [0.25, 0.3) is 5.91 Å². The Hall–Kier alpha value is -1.40. The summed E-state index contributed by atoms with van der Waals surface area (Å²) in [7, 11) is -3.23. The standard InChI is InChI=1S/C12H15NO4S/c1-18(16,17)11-4-2-10(3-5-11)12(15)13-6-9(7-13)8-14/h2-5,9,14H,6-8H2,1H3. The molecule has 2 rings (SSSR count). The maximum absolute atomic E-state index is 11.9. The molecule has 0 unspecified atom stereocenters. The van der Waals surface area contributed by atoms with Crippen LogP contribution in [0.4, 0.5) is 0 Å². The van der Waals surface area contributed by atoms with Crippen molar-refractivity contribution in [3.63, 3.8) is 0 Å². The minimum absolute atomic E-state index is 0.0940. The number of aliphatic hydroxyl groups excluding tert-OH is 1. The van der Waals surface area contributed by atoms with Gasteiger partial charge in [-0.1, -0.05) is 0 Å². The predicted molar refractivity (Wildman–Crippen MR) is 66.0 cm³/mol. The monoisotopic (exact) mass is 269 g/mol. The fourth-order valence-corrected chi connectivity index (χ4v) is 2.51. The maximum Gasteiger partial charge on any atom is 0.253 e. The van der Waals surface area contributed by atoms with Crippen LogP contribution >= 0.6 is 0 Å². The van der Waals surface area contributed by atoms with E-state index >= 15 is 0 Å². The highest BCUT2D eigenvalue weighted by Gasteiger charge is 2.30. The first-order valence-electron chi connectivity index (χ1n) is 5.62. The normalized spacial score (nSPS) is 16.4. The van der Waals surface area contributed by atoms with Crippen LogP contribution in [-0.4, -0.2) is 50.3 Å². The van der Waals surface area contributed by atoms with E-state index in [1.54, 1.807) is 4.90 Å². The van der Waals surface area contributed by atoms with Gasteiger partial charge in [0.2, 0.25) is 0 Å². The van der Waals surface area contributed by atoms with Gasteiger partial charge in [0, 0.05) is 37.4 Å². The maximum atomic E-state index is 11.9. The number of hydrogen-bond donors (Lipinski definition) is 1. The van der Waals surface area contributed by atoms with Crippen LogP contribution in [0.3, 0.4) is 0 Å². The van der Waals surface area contributed by atoms with Crippen molar-refractivity contribution >= 4 is 15.7 Å². The molecule has 1 aromatic rings. The first kappa shape index (κ1) is 13.0. The number of aliphatic hydroxyl groups is 1. The van der Waals surface area contributed by atoms with Gasteiger partial charge in [0.1, 0.15) is 0 Å². The molecule has 0 aliphatic carbocycles. The van der Waals surface area contributed by atoms with Crippen LogP contribution in [0.15, 0.2) is 29.2 Å². The predicted octanol–water partition coefficient (Wildman–Crippen LogP) is 0.154. The van der Waals surface area contributed by atoms with E-state index in [0.29, 0.717) is 18.7 Å². The zero-order valence-corrected chi connectivity index (χ0v) is 10.9. The molecule has 1 N–H and O–H groups in total. The van der Waals surface area contributed by atoms with Crippen LogP contribution < -0.4 is 0 Å². The molecule has 1 amide bonds. The molecule has 0 aromatic heterocycles. The number of amides is 1. The van der Waals surface area contributed by atoms with E-state index in [2.05, 4.69) is 0 Å². The summed E-state index contributed by atoms with van der Waals surface area (Å²) >= 11 is 0. The summed E-state index contributed by atoms with van der Waals surface area (Å²) in [5.41, 5.74) is 0.471. The Morgan fingerprint density at radius 3 is 2.33 bits per heavy atom. The van der Waals surface area contributed by atoms with Crippen LogP contribution in [0.5, 0.6) is 0 Å². The van der Waals surface area contributed by atoms with E-state index in [9.17, 15) is 13.2 Å². The number of benzene rings is 1. The second-order valence-corrected chi connectivity index (χ2v) is 6.57. The molecular formula is C12H15NO4S. The molecule has 6 heteroatoms. The van der Waals surface area contributed by atoms with Crippen LogP contribution in [-0.2, 0) is 9.84 Å². The molecule has 0 bridgehead atoms. The SMILES string of the molecule is CS(=O)(=O)c1ccc(C(=O)N2CC(CO)C2)cc1. The molecule has 1 aromatic carbocycles. The molecule has 0 saturated carbocycles. The lowest BCUT2D eigenvalue weighted by molar-refractivity contribution is 0.0362. The molecule has 1 heterocycles. The van der Waals surface area contributed by atoms with Crippen molar-refractivity contribution in [3.8, 4) is 0 Å². The lowest BCUT2D eigenvalue weighted by Gasteiger charge is -2.38. The van der Waals surface area contributed by atoms with E-state index in [1.807, 2.05) is 0 Å². The average molecular weight is 269 g/mol. The van der Waals surface area contributed by atoms with Crippen molar-refractivity contribution in [1.82, 2.24) is 4.90 Å². The van der Waals surface area contributed by atoms with Gasteiger partial charge < -0.3 is 10.0 Å². The van der Waals surface area contributed by atoms with Gasteiger partial charge in [-0.25, -0.2) is 8.42 Å². The third-order valence-corrected chi connectivity index (χ3v) is 4.16. The number of carbonyl (C=O) groups excluding carboxylic acids is 1. The number of rotatable bonds is 3. The Morgan fingerprint density at radius 2 is 1.89 bits per heavy atom. The molecule has 98 valence electrons. The first-order valence-corrected chi connectivity index (χ1v) is 7.51. The highest BCUT2D eigenvalue weighted by Crippen LogP contribution is 2.19. The molecule has 1 aliphatic heterocycles. The number of carbonyl (C=O) groups is 1. The second-order valence-electron chi connectivity index (χ2n) is 4.56. The molecule has 0 atom stereocenters. The Labute approximate surface area is 106 Å². The number of sulfone groups is 1. The van der Waals surface area contributed by atoms with E-state index in [1.165, 1.54) is 24.3 Å². The lowest BCUT2D eigenvalue weighted by atomic mass is 10.00. The van der Waals surface area contributed by atoms with Crippen molar-refractivity contribution in [2.24, 2.45) is 5.92 Å². The summed E-state index contributed by atoms with van der Waals surface area (Å²) in [5, 5.41) is 8.88. The third kappa shape index (κ3) is 2.54. The third-order valence-electron chi connectivity index (χ3n) is 3.03. The molecule has 0 radical (unpaired) electrons. The van der Waals surface area contributed by atoms with Gasteiger partial charge in [-0.05, 0) is 24.3 Å². The van der Waals surface area contributed by atoms with Crippen molar-refractivity contribution in [1.29, 1.82) is 0 Å². The Morgan fingerprint density at radius 1 is 1.33 bits per heavy atom. The zero-order valence-electron chi connectivity index (χ0n) is 10.0. The largest absolute Gasteiger partial charge is 0.396 e. The fraction of sp³-hybridized carbons (Fsp3) is 0.417. The molecule has 1 aliphatic rings. The van der Waals surface area contributed by atoms with Gasteiger partial charge in [-0.3, -0.25) is 4.79 Å². The van der Waals surface area contributed by atoms with Crippen LogP contribution in [0.25, 0.3) is 0 Å². The molecule has 5 nitrogen and oxygen atoms in total. The van der Waals surface area contributed by atoms with Gasteiger partial charge in [-0.2, -0.15) is 0 Å². The molecule has 0 spiro atoms. The first-order chi connectivity index (χ1) is 8.41. The molecule has 1 fully saturated rings. The zero-order chi connectivity index (χ0) is 13.3. The number of likely N-dealkylation sites (tertiary alicyclic amines) is 1. The summed E-state index contributed by atoms with van der Waals surface area (Å²) in [6.07, 6.45) is 1.13. The van der Waals surface area contributed by atoms with Gasteiger partial charge in [0.05, 0.1) is 4.90 Å². The van der Waals surface area contributed by atoms with E-state index in [-0.39, 0.29) is 23.3 Å². The molecule has 1 saturated heterocycles. The van der Waals surface area contributed by atoms with Crippen molar-refractivity contribution in [2.75, 3.05) is 26.0 Å². The Balaban J connectivity index is 2.09. The summed E-state index contributed by atoms with van der Waals surface area (Å²) in [6, 6.07) is 5.91. The van der Waals surface area contributed by atoms with Crippen LogP contribution in [0.1, 0.15) is 10.4 Å². The number of nitrogens with zero attached hydrogens (tertiary/aromatic N) is 1. The van der Waals surface area contributed by atoms with E-state index in [4.69, 9.17) is 5.11 Å². The number of hydrogen-bond acceptors (Lipinski definition) is 4. The van der Waals surface area contributed by atoms with Crippen LogP contribution in [0.2, 0.25) is 0 Å². The average Bonchev–Trinajstić information content (AvgIpc) is 2.26. The van der Waals surface area contributed by atoms with Gasteiger partial charge >= 0.3 is 0 Å². The minimum Gasteiger partial charge on any atom is -0.396 e. The smallest absolute Gasteiger partial charge is 0.253 e. The summed E-state index contributed by atoms with van der Waals surface area (Å²) in [5.74, 6) is 0.0454. The van der Waals surface area contributed by atoms with Gasteiger partial charge in [0.15, 0.2) is 9.84 Å². The van der Waals surface area contributed by atoms with Crippen molar-refractivity contribution < 1.29 is 18.3 Å². The molecule has 18 heavy (non-hydrogen) atoms. The topological polar surface area (TPSA) is 74.7 Å². The highest BCUT2D eigenvalue weighted by molar-refractivity contribution is 7.90. The Bertz CT molecular complexity index is 544. The minimum atomic E-state index is -3.23. The van der Waals surface area contributed by atoms with Crippen LogP contribution in [0, 0.1) is 5.92 Å². The molecular weight excluding hydrogens is 254 g/mol. The highest BCUT2D eigenvalue weighted by atomic mass is 32.2. The van der Waals surface area contributed by atoms with Crippen molar-refractivity contribution in [3.05, 3.63) is 29.8 Å². The van der Waals surface area contributed by atoms with E-state index < -0.39 is 9.84 Å². The van der Waals surface area contributed by atoms with Crippen molar-refractivity contribution in [2.45, 2.75) is 4.90 Å². The fourth-order valence-electron chi connectivity index (χ4n) is 1.88. The van der Waals surface area contributed by atoms with E-state index in [0.717, 1.165) is 6.26 Å².